The van der Waals surface area contributed by atoms with Crippen LogP contribution in [0.5, 0.6) is 0 Å². The third kappa shape index (κ3) is 2.27. The Balaban J connectivity index is 2.56. The van der Waals surface area contributed by atoms with Crippen LogP contribution in [-0.4, -0.2) is 17.8 Å². The molecule has 0 saturated carbocycles. The molecule has 1 atom stereocenters. The molecular weight excluding hydrogens is 156 g/mol. The zero-order chi connectivity index (χ0) is 8.10. The minimum Gasteiger partial charge on any atom is -0.367 e. The highest BCUT2D eigenvalue weighted by atomic mass is 32.1. The summed E-state index contributed by atoms with van der Waals surface area (Å²) in [6.45, 7) is 0. The first kappa shape index (κ1) is 8.68. The lowest BCUT2D eigenvalue weighted by atomic mass is 10.1. The van der Waals surface area contributed by atoms with Crippen LogP contribution in [0.25, 0.3) is 0 Å². The van der Waals surface area contributed by atoms with E-state index in [0.717, 1.165) is 12.2 Å². The summed E-state index contributed by atoms with van der Waals surface area (Å²) in [6, 6.07) is 2.53. The first-order chi connectivity index (χ1) is 5.38. The van der Waals surface area contributed by atoms with Gasteiger partial charge in [0.25, 0.3) is 0 Å². The Morgan fingerprint density at radius 1 is 1.73 bits per heavy atom. The summed E-state index contributed by atoms with van der Waals surface area (Å²) in [5.74, 6) is 0.913. The summed E-state index contributed by atoms with van der Waals surface area (Å²) in [5.41, 5.74) is 1.31. The van der Waals surface area contributed by atoms with Gasteiger partial charge in [-0.15, -0.1) is 0 Å². The Kier molecular flexibility index (Phi) is 3.52. The molecule has 1 rings (SSSR count). The molecule has 1 heterocycles. The quantitative estimate of drug-likeness (QED) is 0.588. The highest BCUT2D eigenvalue weighted by Crippen LogP contribution is 2.15. The number of H-pyrrole nitrogens is 1. The zero-order valence-corrected chi connectivity index (χ0v) is 7.57. The second-order valence-electron chi connectivity index (χ2n) is 2.50. The Morgan fingerprint density at radius 2 is 2.55 bits per heavy atom. The molecular formula is C8H14N2S. The van der Waals surface area contributed by atoms with Crippen LogP contribution in [0, 0.1) is 0 Å². The summed E-state index contributed by atoms with van der Waals surface area (Å²) in [5, 5.41) is 3.24. The maximum absolute atomic E-state index is 4.19. The van der Waals surface area contributed by atoms with E-state index in [-0.39, 0.29) is 0 Å². The number of hydrogen-bond donors (Lipinski definition) is 3. The first-order valence-corrected chi connectivity index (χ1v) is 4.42. The number of thiol groups is 1. The maximum Gasteiger partial charge on any atom is 0.0340 e. The van der Waals surface area contributed by atoms with Gasteiger partial charge in [0.05, 0.1) is 0 Å². The molecule has 62 valence electrons. The van der Waals surface area contributed by atoms with Crippen LogP contribution in [0.1, 0.15) is 18.0 Å². The Hall–Kier alpha value is -0.410. The van der Waals surface area contributed by atoms with Crippen LogP contribution >= 0.6 is 12.6 Å². The van der Waals surface area contributed by atoms with E-state index in [1.165, 1.54) is 5.56 Å². The summed E-state index contributed by atoms with van der Waals surface area (Å²) in [6.07, 6.45) is 5.03. The number of aromatic amines is 1. The van der Waals surface area contributed by atoms with Crippen molar-refractivity contribution in [1.82, 2.24) is 10.3 Å². The van der Waals surface area contributed by atoms with Crippen molar-refractivity contribution in [3.63, 3.8) is 0 Å². The standard InChI is InChI=1S/C8H14N2S/c1-9-8(3-5-11)7-2-4-10-6-7/h2,4,6,8-11H,3,5H2,1H3. The van der Waals surface area contributed by atoms with Crippen molar-refractivity contribution in [2.75, 3.05) is 12.8 Å². The molecule has 0 aliphatic heterocycles. The van der Waals surface area contributed by atoms with E-state index in [1.807, 2.05) is 19.4 Å². The smallest absolute Gasteiger partial charge is 0.0340 e. The lowest BCUT2D eigenvalue weighted by Crippen LogP contribution is -2.15. The average Bonchev–Trinajstić information content (AvgIpc) is 2.52. The molecule has 0 aliphatic carbocycles. The second-order valence-corrected chi connectivity index (χ2v) is 2.95. The van der Waals surface area contributed by atoms with E-state index in [1.54, 1.807) is 0 Å². The number of aromatic nitrogens is 1. The lowest BCUT2D eigenvalue weighted by Gasteiger charge is -2.12. The Morgan fingerprint density at radius 3 is 3.00 bits per heavy atom. The van der Waals surface area contributed by atoms with Gasteiger partial charge in [-0.3, -0.25) is 0 Å². The highest BCUT2D eigenvalue weighted by molar-refractivity contribution is 7.80. The molecule has 11 heavy (non-hydrogen) atoms. The zero-order valence-electron chi connectivity index (χ0n) is 6.67. The van der Waals surface area contributed by atoms with Crippen LogP contribution in [0.4, 0.5) is 0 Å². The molecule has 2 nitrogen and oxygen atoms in total. The minimum atomic E-state index is 0.443. The van der Waals surface area contributed by atoms with Gasteiger partial charge in [0.1, 0.15) is 0 Å². The van der Waals surface area contributed by atoms with E-state index in [9.17, 15) is 0 Å². The van der Waals surface area contributed by atoms with E-state index in [4.69, 9.17) is 0 Å². The second kappa shape index (κ2) is 4.46. The molecule has 0 bridgehead atoms. The topological polar surface area (TPSA) is 27.8 Å². The first-order valence-electron chi connectivity index (χ1n) is 3.79. The van der Waals surface area contributed by atoms with Crippen LogP contribution < -0.4 is 5.32 Å². The van der Waals surface area contributed by atoms with Gasteiger partial charge in [-0.25, -0.2) is 0 Å². The van der Waals surface area contributed by atoms with Crippen molar-refractivity contribution >= 4 is 12.6 Å². The molecule has 0 fully saturated rings. The molecule has 0 amide bonds. The lowest BCUT2D eigenvalue weighted by molar-refractivity contribution is 0.582. The van der Waals surface area contributed by atoms with Gasteiger partial charge in [0, 0.05) is 18.4 Å². The van der Waals surface area contributed by atoms with Crippen LogP contribution in [0.3, 0.4) is 0 Å². The molecule has 2 N–H and O–H groups in total. The summed E-state index contributed by atoms with van der Waals surface area (Å²) in [4.78, 5) is 3.04. The van der Waals surface area contributed by atoms with Crippen molar-refractivity contribution in [2.24, 2.45) is 0 Å². The fourth-order valence-corrected chi connectivity index (χ4v) is 1.42. The highest BCUT2D eigenvalue weighted by Gasteiger charge is 2.06. The fourth-order valence-electron chi connectivity index (χ4n) is 1.16. The predicted octanol–water partition coefficient (Wildman–Crippen LogP) is 1.60. The minimum absolute atomic E-state index is 0.443. The van der Waals surface area contributed by atoms with E-state index >= 15 is 0 Å². The molecule has 1 aromatic rings. The molecule has 0 saturated heterocycles. The molecule has 1 aromatic heterocycles. The fraction of sp³-hybridized carbons (Fsp3) is 0.500. The number of hydrogen-bond acceptors (Lipinski definition) is 2. The van der Waals surface area contributed by atoms with Crippen molar-refractivity contribution in [2.45, 2.75) is 12.5 Å². The van der Waals surface area contributed by atoms with Crippen LogP contribution in [-0.2, 0) is 0 Å². The number of nitrogens with one attached hydrogen (secondary N) is 2. The van der Waals surface area contributed by atoms with Crippen molar-refractivity contribution in [3.8, 4) is 0 Å². The van der Waals surface area contributed by atoms with Gasteiger partial charge in [-0.05, 0) is 30.9 Å². The van der Waals surface area contributed by atoms with Gasteiger partial charge in [0.2, 0.25) is 0 Å². The van der Waals surface area contributed by atoms with E-state index in [2.05, 4.69) is 29.0 Å². The SMILES string of the molecule is CNC(CCS)c1cc[nH]c1. The molecule has 3 heteroatoms. The monoisotopic (exact) mass is 170 g/mol. The van der Waals surface area contributed by atoms with Gasteiger partial charge < -0.3 is 10.3 Å². The van der Waals surface area contributed by atoms with Gasteiger partial charge >= 0.3 is 0 Å². The summed E-state index contributed by atoms with van der Waals surface area (Å²) < 4.78 is 0. The molecule has 0 aromatic carbocycles. The normalized spacial score (nSPS) is 13.3. The van der Waals surface area contributed by atoms with Crippen molar-refractivity contribution in [1.29, 1.82) is 0 Å². The van der Waals surface area contributed by atoms with Crippen molar-refractivity contribution < 1.29 is 0 Å². The predicted molar refractivity (Wildman–Crippen MR) is 51.1 cm³/mol. The van der Waals surface area contributed by atoms with Gasteiger partial charge in [-0.2, -0.15) is 12.6 Å². The third-order valence-corrected chi connectivity index (χ3v) is 2.05. The Labute approximate surface area is 72.8 Å². The molecule has 0 aliphatic rings. The van der Waals surface area contributed by atoms with Crippen LogP contribution in [0.15, 0.2) is 18.5 Å². The summed E-state index contributed by atoms with van der Waals surface area (Å²) in [7, 11) is 1.97. The average molecular weight is 170 g/mol. The molecule has 0 radical (unpaired) electrons. The maximum atomic E-state index is 4.19. The summed E-state index contributed by atoms with van der Waals surface area (Å²) >= 11 is 4.19. The molecule has 0 spiro atoms. The van der Waals surface area contributed by atoms with E-state index in [0.29, 0.717) is 6.04 Å². The van der Waals surface area contributed by atoms with E-state index < -0.39 is 0 Å². The van der Waals surface area contributed by atoms with Gasteiger partial charge in [0.15, 0.2) is 0 Å². The largest absolute Gasteiger partial charge is 0.367 e. The van der Waals surface area contributed by atoms with Crippen molar-refractivity contribution in [3.05, 3.63) is 24.0 Å². The number of rotatable bonds is 4. The van der Waals surface area contributed by atoms with Crippen LogP contribution in [0.2, 0.25) is 0 Å². The van der Waals surface area contributed by atoms with Gasteiger partial charge in [-0.1, -0.05) is 0 Å². The Bertz CT molecular complexity index is 184. The third-order valence-electron chi connectivity index (χ3n) is 1.79. The molecule has 1 unspecified atom stereocenters.